The van der Waals surface area contributed by atoms with Gasteiger partial charge in [-0.1, -0.05) is 41.4 Å². The Hall–Kier alpha value is -1.84. The summed E-state index contributed by atoms with van der Waals surface area (Å²) in [6, 6.07) is 13.0. The first-order valence-electron chi connectivity index (χ1n) is 11.9. The number of halogens is 2. The second-order valence-electron chi connectivity index (χ2n) is 9.73. The molecule has 7 nitrogen and oxygen atoms in total. The molecule has 198 valence electrons. The summed E-state index contributed by atoms with van der Waals surface area (Å²) in [7, 11) is 0.204. The standard InChI is InChI=1S/C26H35Cl2N3O4S/c1-26(20-8-9-23(27)24(28)17-20,12-15-31-13-10-21(11-14-31)29-36(4,33)34)25(32)30(2)18-19-6-5-7-22(16-19)35-3/h5-9,16-17,21,29H,10-15,18H2,1-4H3. The molecular formula is C26H35Cl2N3O4S. The van der Waals surface area contributed by atoms with Crippen LogP contribution in [0.15, 0.2) is 42.5 Å². The van der Waals surface area contributed by atoms with Crippen molar-refractivity contribution in [3.05, 3.63) is 63.6 Å². The van der Waals surface area contributed by atoms with Crippen LogP contribution in [0.4, 0.5) is 0 Å². The van der Waals surface area contributed by atoms with E-state index in [1.807, 2.05) is 37.3 Å². The van der Waals surface area contributed by atoms with Gasteiger partial charge in [0.1, 0.15) is 5.75 Å². The quantitative estimate of drug-likeness (QED) is 0.472. The van der Waals surface area contributed by atoms with Crippen LogP contribution in [0.5, 0.6) is 5.75 Å². The van der Waals surface area contributed by atoms with Gasteiger partial charge in [-0.15, -0.1) is 0 Å². The van der Waals surface area contributed by atoms with Gasteiger partial charge in [-0.2, -0.15) is 0 Å². The highest BCUT2D eigenvalue weighted by Gasteiger charge is 2.38. The van der Waals surface area contributed by atoms with Crippen LogP contribution >= 0.6 is 23.2 Å². The molecule has 10 heteroatoms. The molecule has 1 N–H and O–H groups in total. The van der Waals surface area contributed by atoms with E-state index in [1.54, 1.807) is 31.2 Å². The summed E-state index contributed by atoms with van der Waals surface area (Å²) in [6.45, 7) is 4.61. The van der Waals surface area contributed by atoms with Crippen molar-refractivity contribution >= 4 is 39.1 Å². The average molecular weight is 557 g/mol. The number of rotatable bonds is 10. The number of carbonyl (C=O) groups is 1. The lowest BCUT2D eigenvalue weighted by Gasteiger charge is -2.37. The van der Waals surface area contributed by atoms with E-state index < -0.39 is 15.4 Å². The fourth-order valence-electron chi connectivity index (χ4n) is 4.71. The molecule has 1 saturated heterocycles. The van der Waals surface area contributed by atoms with Crippen molar-refractivity contribution in [3.63, 3.8) is 0 Å². The number of nitrogens with zero attached hydrogens (tertiary/aromatic N) is 2. The molecule has 1 atom stereocenters. The molecule has 0 aromatic heterocycles. The third kappa shape index (κ3) is 7.59. The van der Waals surface area contributed by atoms with Gasteiger partial charge in [-0.3, -0.25) is 4.79 Å². The zero-order chi connectivity index (χ0) is 26.5. The summed E-state index contributed by atoms with van der Waals surface area (Å²) < 4.78 is 31.1. The van der Waals surface area contributed by atoms with Crippen molar-refractivity contribution < 1.29 is 17.9 Å². The number of hydrogen-bond donors (Lipinski definition) is 1. The first-order valence-corrected chi connectivity index (χ1v) is 14.6. The first kappa shape index (κ1) is 28.7. The number of hydrogen-bond acceptors (Lipinski definition) is 5. The predicted octanol–water partition coefficient (Wildman–Crippen LogP) is 4.32. The third-order valence-electron chi connectivity index (χ3n) is 6.83. The lowest BCUT2D eigenvalue weighted by Crippen LogP contribution is -2.48. The minimum atomic E-state index is -3.22. The van der Waals surface area contributed by atoms with Crippen LogP contribution in [-0.4, -0.2) is 70.2 Å². The van der Waals surface area contributed by atoms with Crippen molar-refractivity contribution in [1.29, 1.82) is 0 Å². The Balaban J connectivity index is 1.76. The van der Waals surface area contributed by atoms with Gasteiger partial charge in [0.2, 0.25) is 15.9 Å². The molecule has 1 amide bonds. The lowest BCUT2D eigenvalue weighted by molar-refractivity contribution is -0.136. The molecule has 1 fully saturated rings. The summed E-state index contributed by atoms with van der Waals surface area (Å²) in [5.41, 5.74) is 0.958. The zero-order valence-electron chi connectivity index (χ0n) is 21.3. The minimum Gasteiger partial charge on any atom is -0.497 e. The summed E-state index contributed by atoms with van der Waals surface area (Å²) in [5, 5.41) is 0.858. The number of likely N-dealkylation sites (tertiary alicyclic amines) is 1. The topological polar surface area (TPSA) is 79.0 Å². The van der Waals surface area contributed by atoms with Crippen LogP contribution in [0, 0.1) is 0 Å². The number of ether oxygens (including phenoxy) is 1. The molecular weight excluding hydrogens is 521 g/mol. The number of piperidine rings is 1. The maximum Gasteiger partial charge on any atom is 0.233 e. The number of nitrogens with one attached hydrogen (secondary N) is 1. The minimum absolute atomic E-state index is 0.0164. The number of amides is 1. The highest BCUT2D eigenvalue weighted by atomic mass is 35.5. The molecule has 1 heterocycles. The maximum absolute atomic E-state index is 13.9. The van der Waals surface area contributed by atoms with E-state index in [9.17, 15) is 13.2 Å². The van der Waals surface area contributed by atoms with Gasteiger partial charge >= 0.3 is 0 Å². The third-order valence-corrected chi connectivity index (χ3v) is 8.33. The van der Waals surface area contributed by atoms with Crippen molar-refractivity contribution in [1.82, 2.24) is 14.5 Å². The summed E-state index contributed by atoms with van der Waals surface area (Å²) in [4.78, 5) is 17.9. The van der Waals surface area contributed by atoms with E-state index in [4.69, 9.17) is 27.9 Å². The fourth-order valence-corrected chi connectivity index (χ4v) is 5.85. The Bertz CT molecular complexity index is 1170. The molecule has 36 heavy (non-hydrogen) atoms. The van der Waals surface area contributed by atoms with Crippen molar-refractivity contribution in [2.75, 3.05) is 40.0 Å². The van der Waals surface area contributed by atoms with Crippen LogP contribution < -0.4 is 9.46 Å². The Morgan fingerprint density at radius 3 is 2.47 bits per heavy atom. The SMILES string of the molecule is COc1cccc(CN(C)C(=O)C(C)(CCN2CCC(NS(C)(=O)=O)CC2)c2ccc(Cl)c(Cl)c2)c1. The summed E-state index contributed by atoms with van der Waals surface area (Å²) in [6.07, 6.45) is 3.24. The van der Waals surface area contributed by atoms with Crippen LogP contribution in [0.3, 0.4) is 0 Å². The average Bonchev–Trinajstić information content (AvgIpc) is 2.83. The number of methoxy groups -OCH3 is 1. The normalized spacial score (nSPS) is 16.9. The van der Waals surface area contributed by atoms with E-state index >= 15 is 0 Å². The van der Waals surface area contributed by atoms with Gasteiger partial charge in [-0.05, 0) is 81.2 Å². The molecule has 0 spiro atoms. The fraction of sp³-hybridized carbons (Fsp3) is 0.500. The molecule has 1 unspecified atom stereocenters. The summed E-state index contributed by atoms with van der Waals surface area (Å²) >= 11 is 12.5. The van der Waals surface area contributed by atoms with Crippen LogP contribution in [-0.2, 0) is 26.8 Å². The van der Waals surface area contributed by atoms with Gasteiger partial charge in [0, 0.05) is 19.6 Å². The molecule has 2 aromatic carbocycles. The molecule has 1 aliphatic rings. The van der Waals surface area contributed by atoms with Crippen LogP contribution in [0.2, 0.25) is 10.0 Å². The molecule has 3 rings (SSSR count). The lowest BCUT2D eigenvalue weighted by atomic mass is 9.77. The first-order chi connectivity index (χ1) is 16.9. The van der Waals surface area contributed by atoms with Gasteiger partial charge in [0.15, 0.2) is 0 Å². The molecule has 0 saturated carbocycles. The number of sulfonamides is 1. The van der Waals surface area contributed by atoms with Crippen LogP contribution in [0.1, 0.15) is 37.3 Å². The highest BCUT2D eigenvalue weighted by Crippen LogP contribution is 2.35. The number of likely N-dealkylation sites (N-methyl/N-ethyl adjacent to an activating group) is 1. The molecule has 0 bridgehead atoms. The molecule has 0 aliphatic carbocycles. The van der Waals surface area contributed by atoms with Gasteiger partial charge in [0.25, 0.3) is 0 Å². The van der Waals surface area contributed by atoms with E-state index in [-0.39, 0.29) is 11.9 Å². The van der Waals surface area contributed by atoms with Crippen molar-refractivity contribution in [2.24, 2.45) is 0 Å². The smallest absolute Gasteiger partial charge is 0.233 e. The monoisotopic (exact) mass is 555 g/mol. The van der Waals surface area contributed by atoms with Gasteiger partial charge in [-0.25, -0.2) is 13.1 Å². The highest BCUT2D eigenvalue weighted by molar-refractivity contribution is 7.88. The maximum atomic E-state index is 13.9. The Labute approximate surface area is 224 Å². The van der Waals surface area contributed by atoms with E-state index in [2.05, 4.69) is 9.62 Å². The predicted molar refractivity (Wildman–Crippen MR) is 145 cm³/mol. The van der Waals surface area contributed by atoms with E-state index in [0.29, 0.717) is 29.6 Å². The summed E-state index contributed by atoms with van der Waals surface area (Å²) in [5.74, 6) is 0.728. The zero-order valence-corrected chi connectivity index (χ0v) is 23.6. The van der Waals surface area contributed by atoms with Crippen molar-refractivity contribution in [3.8, 4) is 5.75 Å². The number of carbonyl (C=O) groups excluding carboxylic acids is 1. The van der Waals surface area contributed by atoms with Gasteiger partial charge in [0.05, 0.1) is 28.8 Å². The Morgan fingerprint density at radius 2 is 1.86 bits per heavy atom. The molecule has 2 aromatic rings. The Morgan fingerprint density at radius 1 is 1.17 bits per heavy atom. The largest absolute Gasteiger partial charge is 0.497 e. The number of benzene rings is 2. The molecule has 1 aliphatic heterocycles. The van der Waals surface area contributed by atoms with Crippen molar-refractivity contribution in [2.45, 2.75) is 44.2 Å². The van der Waals surface area contributed by atoms with E-state index in [0.717, 1.165) is 42.8 Å². The van der Waals surface area contributed by atoms with Crippen LogP contribution in [0.25, 0.3) is 0 Å². The van der Waals surface area contributed by atoms with E-state index in [1.165, 1.54) is 6.26 Å². The second kappa shape index (κ2) is 12.1. The van der Waals surface area contributed by atoms with Gasteiger partial charge < -0.3 is 14.5 Å². The Kier molecular flexibility index (Phi) is 9.68. The molecule has 0 radical (unpaired) electrons. The second-order valence-corrected chi connectivity index (χ2v) is 12.3.